The van der Waals surface area contributed by atoms with Gasteiger partial charge in [0.05, 0.1) is 0 Å². The van der Waals surface area contributed by atoms with Crippen LogP contribution in [0.3, 0.4) is 0 Å². The molecule has 0 aromatic heterocycles. The first-order valence-corrected chi connectivity index (χ1v) is 13.8. The summed E-state index contributed by atoms with van der Waals surface area (Å²) in [7, 11) is 0. The Morgan fingerprint density at radius 1 is 0.944 bits per heavy atom. The zero-order valence-corrected chi connectivity index (χ0v) is 21.7. The molecule has 1 atom stereocenters. The summed E-state index contributed by atoms with van der Waals surface area (Å²) in [5.41, 5.74) is 6.76. The van der Waals surface area contributed by atoms with Gasteiger partial charge in [0.2, 0.25) is 0 Å². The second kappa shape index (κ2) is 11.8. The van der Waals surface area contributed by atoms with E-state index >= 15 is 0 Å². The van der Waals surface area contributed by atoms with Crippen LogP contribution in [-0.4, -0.2) is 42.8 Å². The van der Waals surface area contributed by atoms with Crippen molar-refractivity contribution in [2.75, 3.05) is 37.7 Å². The lowest BCUT2D eigenvalue weighted by Crippen LogP contribution is -2.33. The van der Waals surface area contributed by atoms with E-state index in [0.717, 1.165) is 51.3 Å². The first-order valence-electron chi connectivity index (χ1n) is 13.8. The number of hydrogen-bond acceptors (Lipinski definition) is 4. The summed E-state index contributed by atoms with van der Waals surface area (Å²) in [6.45, 7) is 8.31. The van der Waals surface area contributed by atoms with Crippen molar-refractivity contribution in [3.63, 3.8) is 0 Å². The van der Waals surface area contributed by atoms with Crippen molar-refractivity contribution in [2.24, 2.45) is 0 Å². The van der Waals surface area contributed by atoms with Gasteiger partial charge in [-0.2, -0.15) is 0 Å². The van der Waals surface area contributed by atoms with E-state index in [4.69, 9.17) is 4.74 Å². The smallest absolute Gasteiger partial charge is 0.119 e. The lowest BCUT2D eigenvalue weighted by molar-refractivity contribution is 0.183. The van der Waals surface area contributed by atoms with Gasteiger partial charge in [-0.25, -0.2) is 0 Å². The molecule has 0 spiro atoms. The zero-order valence-electron chi connectivity index (χ0n) is 21.7. The third-order valence-electron chi connectivity index (χ3n) is 7.94. The summed E-state index contributed by atoms with van der Waals surface area (Å²) in [4.78, 5) is 5.01. The number of phenols is 1. The summed E-state index contributed by atoms with van der Waals surface area (Å²) in [6.07, 6.45) is 7.20. The monoisotopic (exact) mass is 484 g/mol. The van der Waals surface area contributed by atoms with Crippen molar-refractivity contribution in [2.45, 2.75) is 57.9 Å². The molecule has 5 rings (SSSR count). The molecule has 4 heteroatoms. The summed E-state index contributed by atoms with van der Waals surface area (Å²) in [5.74, 6) is 1.84. The fourth-order valence-corrected chi connectivity index (χ4v) is 5.88. The van der Waals surface area contributed by atoms with E-state index in [1.54, 1.807) is 0 Å². The van der Waals surface area contributed by atoms with Gasteiger partial charge in [-0.1, -0.05) is 42.8 Å². The molecule has 3 aromatic rings. The highest BCUT2D eigenvalue weighted by Gasteiger charge is 2.24. The number of para-hydroxylation sites is 1. The van der Waals surface area contributed by atoms with Gasteiger partial charge in [0.1, 0.15) is 18.1 Å². The number of fused-ring (bicyclic) bond motifs is 1. The lowest BCUT2D eigenvalue weighted by Gasteiger charge is -2.31. The molecule has 3 aromatic carbocycles. The molecule has 1 saturated heterocycles. The first-order chi connectivity index (χ1) is 17.7. The van der Waals surface area contributed by atoms with Crippen molar-refractivity contribution in [1.82, 2.24) is 4.90 Å². The number of nitrogens with zero attached hydrogens (tertiary/aromatic N) is 2. The molecule has 0 radical (unpaired) electrons. The predicted octanol–water partition coefficient (Wildman–Crippen LogP) is 6.56. The van der Waals surface area contributed by atoms with E-state index in [1.807, 2.05) is 12.1 Å². The van der Waals surface area contributed by atoms with Crippen LogP contribution in [0.5, 0.6) is 11.5 Å². The molecule has 0 saturated carbocycles. The summed E-state index contributed by atoms with van der Waals surface area (Å²) in [6, 6.07) is 23.5. The minimum Gasteiger partial charge on any atom is -0.508 e. The third-order valence-corrected chi connectivity index (χ3v) is 7.94. The Labute approximate surface area is 216 Å². The minimum absolute atomic E-state index is 0.378. The molecule has 1 N–H and O–H groups in total. The molecular weight excluding hydrogens is 444 g/mol. The van der Waals surface area contributed by atoms with E-state index in [1.165, 1.54) is 60.3 Å². The number of anilines is 1. The van der Waals surface area contributed by atoms with E-state index in [9.17, 15) is 5.11 Å². The maximum absolute atomic E-state index is 9.86. The van der Waals surface area contributed by atoms with Crippen molar-refractivity contribution in [1.29, 1.82) is 0 Å². The van der Waals surface area contributed by atoms with Gasteiger partial charge in [0.15, 0.2) is 0 Å². The number of piperidine rings is 1. The molecule has 0 amide bonds. The number of rotatable bonds is 9. The fraction of sp³-hybridized carbons (Fsp3) is 0.438. The van der Waals surface area contributed by atoms with Gasteiger partial charge in [-0.05, 0) is 111 Å². The zero-order chi connectivity index (χ0) is 24.7. The number of hydrogen-bond donors (Lipinski definition) is 1. The van der Waals surface area contributed by atoms with Crippen molar-refractivity contribution >= 4 is 5.69 Å². The van der Waals surface area contributed by atoms with E-state index in [0.29, 0.717) is 11.7 Å². The Bertz CT molecular complexity index is 1120. The van der Waals surface area contributed by atoms with Crippen LogP contribution in [-0.2, 0) is 19.4 Å². The van der Waals surface area contributed by atoms with Crippen LogP contribution in [0.2, 0.25) is 0 Å². The molecule has 4 nitrogen and oxygen atoms in total. The van der Waals surface area contributed by atoms with Crippen LogP contribution in [0.15, 0.2) is 66.7 Å². The molecule has 1 aliphatic carbocycles. The second-order valence-corrected chi connectivity index (χ2v) is 10.4. The second-order valence-electron chi connectivity index (χ2n) is 10.4. The fourth-order valence-electron chi connectivity index (χ4n) is 5.88. The molecule has 1 fully saturated rings. The van der Waals surface area contributed by atoms with Crippen molar-refractivity contribution in [3.05, 3.63) is 89.0 Å². The quantitative estimate of drug-likeness (QED) is 0.373. The molecule has 36 heavy (non-hydrogen) atoms. The minimum atomic E-state index is 0.378. The van der Waals surface area contributed by atoms with Gasteiger partial charge in [0.25, 0.3) is 0 Å². The molecule has 0 bridgehead atoms. The Morgan fingerprint density at radius 3 is 2.56 bits per heavy atom. The molecule has 190 valence electrons. The summed E-state index contributed by atoms with van der Waals surface area (Å²) >= 11 is 0. The summed E-state index contributed by atoms with van der Waals surface area (Å²) in [5, 5.41) is 9.86. The largest absolute Gasteiger partial charge is 0.508 e. The van der Waals surface area contributed by atoms with Crippen LogP contribution >= 0.6 is 0 Å². The van der Waals surface area contributed by atoms with Gasteiger partial charge in [-0.3, -0.25) is 4.90 Å². The average molecular weight is 485 g/mol. The van der Waals surface area contributed by atoms with E-state index < -0.39 is 0 Å². The molecule has 1 heterocycles. The number of ether oxygens (including phenoxy) is 1. The topological polar surface area (TPSA) is 35.9 Å². The number of aromatic hydroxyl groups is 1. The molecule has 2 aliphatic rings. The molecule has 1 unspecified atom stereocenters. The summed E-state index contributed by atoms with van der Waals surface area (Å²) < 4.78 is 6.04. The Balaban J connectivity index is 1.22. The van der Waals surface area contributed by atoms with Gasteiger partial charge in [-0.15, -0.1) is 0 Å². The standard InChI is InChI=1S/C32H40N2O2/c1-2-34(24-25-10-16-30(17-11-25)36-21-20-33-18-6-3-7-19-33)32-9-5-4-8-31(32)28-13-12-27-23-29(35)15-14-26(27)22-28/h4-5,8-11,14-17,23,28,35H,2-3,6-7,12-13,18-22,24H2,1H3. The van der Waals surface area contributed by atoms with Crippen LogP contribution in [0.1, 0.15) is 60.8 Å². The van der Waals surface area contributed by atoms with Crippen LogP contribution in [0.25, 0.3) is 0 Å². The van der Waals surface area contributed by atoms with Gasteiger partial charge in [0, 0.05) is 25.3 Å². The van der Waals surface area contributed by atoms with E-state index in [2.05, 4.69) is 71.3 Å². The highest BCUT2D eigenvalue weighted by atomic mass is 16.5. The number of aryl methyl sites for hydroxylation is 1. The van der Waals surface area contributed by atoms with Crippen molar-refractivity contribution in [3.8, 4) is 11.5 Å². The molecule has 1 aliphatic heterocycles. The maximum Gasteiger partial charge on any atom is 0.119 e. The first kappa shape index (κ1) is 24.7. The number of benzene rings is 3. The predicted molar refractivity (Wildman–Crippen MR) is 148 cm³/mol. The molecular formula is C32H40N2O2. The van der Waals surface area contributed by atoms with Crippen LogP contribution in [0.4, 0.5) is 5.69 Å². The lowest BCUT2D eigenvalue weighted by atomic mass is 9.79. The Hall–Kier alpha value is -2.98. The normalized spacial score (nSPS) is 18.0. The van der Waals surface area contributed by atoms with Gasteiger partial charge < -0.3 is 14.7 Å². The number of phenolic OH excluding ortho intramolecular Hbond substituents is 1. The van der Waals surface area contributed by atoms with Gasteiger partial charge >= 0.3 is 0 Å². The highest BCUT2D eigenvalue weighted by Crippen LogP contribution is 2.38. The average Bonchev–Trinajstić information content (AvgIpc) is 2.93. The Morgan fingerprint density at radius 2 is 1.75 bits per heavy atom. The van der Waals surface area contributed by atoms with Crippen LogP contribution in [0, 0.1) is 0 Å². The number of likely N-dealkylation sites (tertiary alicyclic amines) is 1. The Kier molecular flexibility index (Phi) is 8.12. The highest BCUT2D eigenvalue weighted by molar-refractivity contribution is 5.56. The maximum atomic E-state index is 9.86. The van der Waals surface area contributed by atoms with Crippen molar-refractivity contribution < 1.29 is 9.84 Å². The third kappa shape index (κ3) is 6.04. The van der Waals surface area contributed by atoms with Crippen LogP contribution < -0.4 is 9.64 Å². The SMILES string of the molecule is CCN(Cc1ccc(OCCN2CCCCC2)cc1)c1ccccc1C1CCc2cc(O)ccc2C1. The van der Waals surface area contributed by atoms with E-state index in [-0.39, 0.29) is 0 Å².